The summed E-state index contributed by atoms with van der Waals surface area (Å²) in [5.74, 6) is 2.14. The zero-order valence-electron chi connectivity index (χ0n) is 14.0. The molecule has 1 aliphatic heterocycles. The smallest absolute Gasteiger partial charge is 0.226 e. The van der Waals surface area contributed by atoms with E-state index >= 15 is 0 Å². The minimum Gasteiger partial charge on any atom is -0.339 e. The van der Waals surface area contributed by atoms with Gasteiger partial charge in [0.15, 0.2) is 0 Å². The summed E-state index contributed by atoms with van der Waals surface area (Å²) in [4.78, 5) is 7.02. The third-order valence-corrected chi connectivity index (χ3v) is 5.38. The zero-order valence-corrected chi connectivity index (χ0v) is 15.5. The Bertz CT molecular complexity index is 666. The Labute approximate surface area is 153 Å². The molecular formula is C18H23Cl2N3O. The molecule has 0 atom stereocenters. The van der Waals surface area contributed by atoms with Crippen molar-refractivity contribution in [3.63, 3.8) is 0 Å². The highest BCUT2D eigenvalue weighted by molar-refractivity contribution is 6.42. The number of rotatable bonds is 6. The molecular weight excluding hydrogens is 345 g/mol. The van der Waals surface area contributed by atoms with Crippen molar-refractivity contribution < 1.29 is 4.52 Å². The number of aryl methyl sites for hydroxylation is 1. The second kappa shape index (κ2) is 8.32. The lowest BCUT2D eigenvalue weighted by atomic mass is 9.99. The summed E-state index contributed by atoms with van der Waals surface area (Å²) in [6.45, 7) is 5.99. The molecule has 0 N–H and O–H groups in total. The lowest BCUT2D eigenvalue weighted by Crippen LogP contribution is -2.33. The zero-order chi connectivity index (χ0) is 16.9. The van der Waals surface area contributed by atoms with Crippen LogP contribution in [0.4, 0.5) is 0 Å². The van der Waals surface area contributed by atoms with E-state index in [9.17, 15) is 0 Å². The fourth-order valence-corrected chi connectivity index (χ4v) is 3.30. The number of halogens is 2. The van der Waals surface area contributed by atoms with Gasteiger partial charge >= 0.3 is 0 Å². The maximum atomic E-state index is 6.03. The number of nitrogens with zero attached hydrogens (tertiary/aromatic N) is 3. The van der Waals surface area contributed by atoms with E-state index in [4.69, 9.17) is 27.7 Å². The molecule has 1 saturated heterocycles. The Kier molecular flexibility index (Phi) is 6.14. The van der Waals surface area contributed by atoms with Gasteiger partial charge < -0.3 is 9.42 Å². The van der Waals surface area contributed by atoms with E-state index in [0.717, 1.165) is 24.3 Å². The molecule has 6 heteroatoms. The first-order valence-electron chi connectivity index (χ1n) is 8.62. The summed E-state index contributed by atoms with van der Waals surface area (Å²) >= 11 is 12.0. The topological polar surface area (TPSA) is 42.2 Å². The summed E-state index contributed by atoms with van der Waals surface area (Å²) < 4.78 is 5.34. The number of aromatic nitrogens is 2. The summed E-state index contributed by atoms with van der Waals surface area (Å²) in [5, 5.41) is 5.06. The van der Waals surface area contributed by atoms with Crippen LogP contribution >= 0.6 is 23.2 Å². The van der Waals surface area contributed by atoms with E-state index < -0.39 is 0 Å². The van der Waals surface area contributed by atoms with Crippen LogP contribution in [0.5, 0.6) is 0 Å². The van der Waals surface area contributed by atoms with Gasteiger partial charge in [-0.25, -0.2) is 0 Å². The van der Waals surface area contributed by atoms with Crippen molar-refractivity contribution in [2.45, 2.75) is 39.0 Å². The standard InChI is InChI=1S/C18H23Cl2N3O/c1-13-7-10-23(11-8-13)9-3-2-4-17-21-18(22-24-17)14-5-6-15(19)16(20)12-14/h5-6,12-13H,2-4,7-11H2,1H3. The molecule has 1 fully saturated rings. The highest BCUT2D eigenvalue weighted by Gasteiger charge is 2.15. The van der Waals surface area contributed by atoms with Gasteiger partial charge in [-0.05, 0) is 69.4 Å². The average Bonchev–Trinajstić information content (AvgIpc) is 3.05. The molecule has 0 spiro atoms. The predicted molar refractivity (Wildman–Crippen MR) is 97.5 cm³/mol. The SMILES string of the molecule is CC1CCN(CCCCc2nc(-c3ccc(Cl)c(Cl)c3)no2)CC1. The van der Waals surface area contributed by atoms with Crippen LogP contribution in [0.2, 0.25) is 10.0 Å². The summed E-state index contributed by atoms with van der Waals surface area (Å²) in [7, 11) is 0. The number of piperidine rings is 1. The van der Waals surface area contributed by atoms with Crippen molar-refractivity contribution in [2.75, 3.05) is 19.6 Å². The Morgan fingerprint density at radius 2 is 1.96 bits per heavy atom. The minimum absolute atomic E-state index is 0.497. The van der Waals surface area contributed by atoms with Gasteiger partial charge in [0, 0.05) is 12.0 Å². The Morgan fingerprint density at radius 1 is 1.17 bits per heavy atom. The normalized spacial score (nSPS) is 16.6. The van der Waals surface area contributed by atoms with Gasteiger partial charge in [0.2, 0.25) is 11.7 Å². The molecule has 24 heavy (non-hydrogen) atoms. The van der Waals surface area contributed by atoms with E-state index in [1.807, 2.05) is 6.07 Å². The highest BCUT2D eigenvalue weighted by Crippen LogP contribution is 2.27. The predicted octanol–water partition coefficient (Wildman–Crippen LogP) is 5.10. The van der Waals surface area contributed by atoms with E-state index in [0.29, 0.717) is 21.8 Å². The van der Waals surface area contributed by atoms with E-state index in [1.54, 1.807) is 12.1 Å². The quantitative estimate of drug-likeness (QED) is 0.666. The Morgan fingerprint density at radius 3 is 2.71 bits per heavy atom. The molecule has 2 heterocycles. The molecule has 0 saturated carbocycles. The van der Waals surface area contributed by atoms with Gasteiger partial charge in [-0.1, -0.05) is 35.3 Å². The molecule has 0 radical (unpaired) electrons. The molecule has 0 amide bonds. The third kappa shape index (κ3) is 4.71. The van der Waals surface area contributed by atoms with Gasteiger partial charge in [0.1, 0.15) is 0 Å². The number of benzene rings is 1. The van der Waals surface area contributed by atoms with Crippen LogP contribution in [0.3, 0.4) is 0 Å². The second-order valence-corrected chi connectivity index (χ2v) is 7.44. The number of hydrogen-bond donors (Lipinski definition) is 0. The van der Waals surface area contributed by atoms with E-state index in [2.05, 4.69) is 22.0 Å². The molecule has 130 valence electrons. The fraction of sp³-hybridized carbons (Fsp3) is 0.556. The van der Waals surface area contributed by atoms with Crippen molar-refractivity contribution in [2.24, 2.45) is 5.92 Å². The second-order valence-electron chi connectivity index (χ2n) is 6.62. The number of likely N-dealkylation sites (tertiary alicyclic amines) is 1. The molecule has 4 nitrogen and oxygen atoms in total. The Balaban J connectivity index is 1.45. The highest BCUT2D eigenvalue weighted by atomic mass is 35.5. The van der Waals surface area contributed by atoms with Crippen molar-refractivity contribution in [3.8, 4) is 11.4 Å². The molecule has 0 unspecified atom stereocenters. The van der Waals surface area contributed by atoms with Gasteiger partial charge in [-0.2, -0.15) is 4.98 Å². The van der Waals surface area contributed by atoms with Crippen LogP contribution in [-0.4, -0.2) is 34.7 Å². The van der Waals surface area contributed by atoms with Gasteiger partial charge in [-0.15, -0.1) is 0 Å². The molecule has 0 aliphatic carbocycles. The number of hydrogen-bond acceptors (Lipinski definition) is 4. The number of unbranched alkanes of at least 4 members (excludes halogenated alkanes) is 1. The lowest BCUT2D eigenvalue weighted by molar-refractivity contribution is 0.189. The maximum absolute atomic E-state index is 6.03. The fourth-order valence-electron chi connectivity index (χ4n) is 3.01. The monoisotopic (exact) mass is 367 g/mol. The van der Waals surface area contributed by atoms with Crippen LogP contribution in [0.1, 0.15) is 38.5 Å². The van der Waals surface area contributed by atoms with Crippen molar-refractivity contribution >= 4 is 23.2 Å². The van der Waals surface area contributed by atoms with E-state index in [-0.39, 0.29) is 0 Å². The minimum atomic E-state index is 0.497. The summed E-state index contributed by atoms with van der Waals surface area (Å²) in [6.07, 6.45) is 5.71. The largest absolute Gasteiger partial charge is 0.339 e. The Hall–Kier alpha value is -1.10. The lowest BCUT2D eigenvalue weighted by Gasteiger charge is -2.30. The van der Waals surface area contributed by atoms with Crippen LogP contribution in [0, 0.1) is 5.92 Å². The van der Waals surface area contributed by atoms with Gasteiger partial charge in [0.05, 0.1) is 10.0 Å². The maximum Gasteiger partial charge on any atom is 0.226 e. The van der Waals surface area contributed by atoms with Crippen LogP contribution in [0.25, 0.3) is 11.4 Å². The first-order chi connectivity index (χ1) is 11.6. The first-order valence-corrected chi connectivity index (χ1v) is 9.38. The molecule has 0 bridgehead atoms. The summed E-state index contributed by atoms with van der Waals surface area (Å²) in [5.41, 5.74) is 0.821. The average molecular weight is 368 g/mol. The van der Waals surface area contributed by atoms with Crippen molar-refractivity contribution in [3.05, 3.63) is 34.1 Å². The first kappa shape index (κ1) is 17.7. The van der Waals surface area contributed by atoms with Crippen LogP contribution in [-0.2, 0) is 6.42 Å². The third-order valence-electron chi connectivity index (χ3n) is 4.64. The van der Waals surface area contributed by atoms with E-state index in [1.165, 1.54) is 38.9 Å². The van der Waals surface area contributed by atoms with Crippen LogP contribution < -0.4 is 0 Å². The van der Waals surface area contributed by atoms with Gasteiger partial charge in [0.25, 0.3) is 0 Å². The molecule has 1 aromatic heterocycles. The van der Waals surface area contributed by atoms with Crippen LogP contribution in [0.15, 0.2) is 22.7 Å². The van der Waals surface area contributed by atoms with Crippen molar-refractivity contribution in [1.29, 1.82) is 0 Å². The molecule has 3 rings (SSSR count). The molecule has 1 aliphatic rings. The van der Waals surface area contributed by atoms with Gasteiger partial charge in [-0.3, -0.25) is 0 Å². The molecule has 1 aromatic carbocycles. The van der Waals surface area contributed by atoms with Crippen molar-refractivity contribution in [1.82, 2.24) is 15.0 Å². The summed E-state index contributed by atoms with van der Waals surface area (Å²) in [6, 6.07) is 5.35. The molecule has 2 aromatic rings.